The Morgan fingerprint density at radius 3 is 2.63 bits per heavy atom. The van der Waals surface area contributed by atoms with Gasteiger partial charge in [0.25, 0.3) is 0 Å². The van der Waals surface area contributed by atoms with E-state index in [0.717, 1.165) is 17.0 Å². The molecule has 0 saturated heterocycles. The van der Waals surface area contributed by atoms with E-state index in [1.165, 1.54) is 0 Å². The van der Waals surface area contributed by atoms with E-state index in [9.17, 15) is 5.26 Å². The third kappa shape index (κ3) is 3.87. The van der Waals surface area contributed by atoms with E-state index in [4.69, 9.17) is 0 Å². The van der Waals surface area contributed by atoms with E-state index in [-0.39, 0.29) is 5.92 Å². The van der Waals surface area contributed by atoms with Gasteiger partial charge in [0.05, 0.1) is 23.4 Å². The molecule has 19 heavy (non-hydrogen) atoms. The summed E-state index contributed by atoms with van der Waals surface area (Å²) in [7, 11) is 0. The van der Waals surface area contributed by atoms with Gasteiger partial charge in [0.1, 0.15) is 0 Å². The van der Waals surface area contributed by atoms with Gasteiger partial charge in [0, 0.05) is 25.5 Å². The highest BCUT2D eigenvalue weighted by Crippen LogP contribution is 2.13. The van der Waals surface area contributed by atoms with Crippen molar-refractivity contribution in [2.45, 2.75) is 19.4 Å². The van der Waals surface area contributed by atoms with Crippen LogP contribution < -0.4 is 5.32 Å². The molecule has 4 heteroatoms. The second-order valence-electron chi connectivity index (χ2n) is 4.37. The smallest absolute Gasteiger partial charge is 0.0837 e. The molecular formula is C15H16N4. The minimum absolute atomic E-state index is 0.139. The van der Waals surface area contributed by atoms with Crippen LogP contribution in [0.1, 0.15) is 22.9 Å². The van der Waals surface area contributed by atoms with Crippen LogP contribution in [0.2, 0.25) is 0 Å². The molecule has 0 bridgehead atoms. The van der Waals surface area contributed by atoms with Crippen molar-refractivity contribution in [1.82, 2.24) is 15.3 Å². The molecule has 1 aromatic heterocycles. The normalized spacial score (nSPS) is 11.8. The Hall–Kier alpha value is -2.25. The average Bonchev–Trinajstić information content (AvgIpc) is 2.46. The fourth-order valence-electron chi connectivity index (χ4n) is 1.78. The van der Waals surface area contributed by atoms with Crippen molar-refractivity contribution in [3.05, 3.63) is 59.7 Å². The first-order valence-electron chi connectivity index (χ1n) is 6.22. The van der Waals surface area contributed by atoms with E-state index >= 15 is 0 Å². The Bertz CT molecular complexity index is 543. The molecule has 1 unspecified atom stereocenters. The number of nitrogens with one attached hydrogen (secondary N) is 1. The van der Waals surface area contributed by atoms with Crippen molar-refractivity contribution in [1.29, 1.82) is 5.26 Å². The third-order valence-electron chi connectivity index (χ3n) is 2.85. The van der Waals surface area contributed by atoms with Crippen molar-refractivity contribution in [2.24, 2.45) is 0 Å². The summed E-state index contributed by atoms with van der Waals surface area (Å²) in [6, 6.07) is 12.1. The molecule has 0 aliphatic rings. The summed E-state index contributed by atoms with van der Waals surface area (Å²) in [5, 5.41) is 12.4. The molecule has 1 atom stereocenters. The Kier molecular flexibility index (Phi) is 4.60. The summed E-state index contributed by atoms with van der Waals surface area (Å²) in [6.07, 6.45) is 3.50. The van der Waals surface area contributed by atoms with E-state index in [1.807, 2.05) is 37.3 Å². The maximum Gasteiger partial charge on any atom is 0.0837 e. The van der Waals surface area contributed by atoms with Crippen molar-refractivity contribution in [3.63, 3.8) is 0 Å². The minimum atomic E-state index is -0.139. The van der Waals surface area contributed by atoms with Gasteiger partial charge < -0.3 is 5.32 Å². The van der Waals surface area contributed by atoms with Crippen LogP contribution in [0, 0.1) is 18.3 Å². The lowest BCUT2D eigenvalue weighted by atomic mass is 10.0. The second kappa shape index (κ2) is 6.62. The zero-order chi connectivity index (χ0) is 13.5. The number of hydrogen-bond acceptors (Lipinski definition) is 4. The maximum atomic E-state index is 9.20. The number of benzene rings is 1. The summed E-state index contributed by atoms with van der Waals surface area (Å²) in [4.78, 5) is 8.45. The van der Waals surface area contributed by atoms with Gasteiger partial charge in [0.15, 0.2) is 0 Å². The van der Waals surface area contributed by atoms with E-state index in [1.54, 1.807) is 12.4 Å². The third-order valence-corrected chi connectivity index (χ3v) is 2.85. The van der Waals surface area contributed by atoms with Crippen molar-refractivity contribution >= 4 is 0 Å². The molecule has 0 saturated carbocycles. The molecule has 0 spiro atoms. The molecule has 1 N–H and O–H groups in total. The van der Waals surface area contributed by atoms with E-state index in [0.29, 0.717) is 13.1 Å². The lowest BCUT2D eigenvalue weighted by Crippen LogP contribution is -2.21. The molecular weight excluding hydrogens is 236 g/mol. The first-order chi connectivity index (χ1) is 9.29. The Balaban J connectivity index is 1.88. The number of aromatic nitrogens is 2. The van der Waals surface area contributed by atoms with Gasteiger partial charge in [-0.3, -0.25) is 9.97 Å². The number of nitriles is 1. The largest absolute Gasteiger partial charge is 0.309 e. The van der Waals surface area contributed by atoms with Gasteiger partial charge in [-0.15, -0.1) is 0 Å². The van der Waals surface area contributed by atoms with Crippen LogP contribution in [0.25, 0.3) is 0 Å². The van der Waals surface area contributed by atoms with Crippen LogP contribution in [0.4, 0.5) is 0 Å². The molecule has 0 aliphatic heterocycles. The van der Waals surface area contributed by atoms with E-state index < -0.39 is 0 Å². The standard InChI is InChI=1S/C15H16N4/c1-12-8-19-15(11-18-12)10-17-9-14(7-16)13-5-3-2-4-6-13/h2-6,8,11,14,17H,9-10H2,1H3. The van der Waals surface area contributed by atoms with Crippen molar-refractivity contribution in [3.8, 4) is 6.07 Å². The summed E-state index contributed by atoms with van der Waals surface area (Å²) >= 11 is 0. The highest BCUT2D eigenvalue weighted by atomic mass is 14.9. The number of rotatable bonds is 5. The molecule has 0 fully saturated rings. The number of aryl methyl sites for hydroxylation is 1. The monoisotopic (exact) mass is 252 g/mol. The first kappa shape index (κ1) is 13.2. The second-order valence-corrected chi connectivity index (χ2v) is 4.37. The summed E-state index contributed by atoms with van der Waals surface area (Å²) in [5.41, 5.74) is 2.82. The fraction of sp³-hybridized carbons (Fsp3) is 0.267. The Morgan fingerprint density at radius 1 is 1.21 bits per heavy atom. The van der Waals surface area contributed by atoms with Crippen LogP contribution in [-0.4, -0.2) is 16.5 Å². The summed E-state index contributed by atoms with van der Waals surface area (Å²) in [6.45, 7) is 3.14. The minimum Gasteiger partial charge on any atom is -0.309 e. The highest BCUT2D eigenvalue weighted by molar-refractivity contribution is 5.25. The van der Waals surface area contributed by atoms with Crippen LogP contribution >= 0.6 is 0 Å². The highest BCUT2D eigenvalue weighted by Gasteiger charge is 2.09. The molecule has 0 aliphatic carbocycles. The summed E-state index contributed by atoms with van der Waals surface area (Å²) < 4.78 is 0. The predicted molar refractivity (Wildman–Crippen MR) is 73.3 cm³/mol. The van der Waals surface area contributed by atoms with E-state index in [2.05, 4.69) is 21.4 Å². The van der Waals surface area contributed by atoms with Crippen LogP contribution in [-0.2, 0) is 6.54 Å². The predicted octanol–water partition coefficient (Wildman–Crippen LogP) is 2.18. The van der Waals surface area contributed by atoms with Crippen LogP contribution in [0.3, 0.4) is 0 Å². The molecule has 1 heterocycles. The van der Waals surface area contributed by atoms with Gasteiger partial charge >= 0.3 is 0 Å². The molecule has 0 amide bonds. The molecule has 2 rings (SSSR count). The van der Waals surface area contributed by atoms with Gasteiger partial charge in [-0.1, -0.05) is 30.3 Å². The van der Waals surface area contributed by atoms with Crippen LogP contribution in [0.5, 0.6) is 0 Å². The quantitative estimate of drug-likeness (QED) is 0.886. The SMILES string of the molecule is Cc1cnc(CNCC(C#N)c2ccccc2)cn1. The Morgan fingerprint density at radius 2 is 2.00 bits per heavy atom. The zero-order valence-corrected chi connectivity index (χ0v) is 10.9. The fourth-order valence-corrected chi connectivity index (χ4v) is 1.78. The zero-order valence-electron chi connectivity index (χ0n) is 10.9. The van der Waals surface area contributed by atoms with Gasteiger partial charge in [0.2, 0.25) is 0 Å². The average molecular weight is 252 g/mol. The topological polar surface area (TPSA) is 61.6 Å². The molecule has 0 radical (unpaired) electrons. The van der Waals surface area contributed by atoms with Crippen LogP contribution in [0.15, 0.2) is 42.7 Å². The lowest BCUT2D eigenvalue weighted by Gasteiger charge is -2.10. The Labute approximate surface area is 113 Å². The molecule has 1 aromatic carbocycles. The number of hydrogen-bond donors (Lipinski definition) is 1. The summed E-state index contributed by atoms with van der Waals surface area (Å²) in [5.74, 6) is -0.139. The van der Waals surface area contributed by atoms with Crippen molar-refractivity contribution in [2.75, 3.05) is 6.54 Å². The lowest BCUT2D eigenvalue weighted by molar-refractivity contribution is 0.640. The van der Waals surface area contributed by atoms with Gasteiger partial charge in [-0.25, -0.2) is 0 Å². The maximum absolute atomic E-state index is 9.20. The van der Waals surface area contributed by atoms with Gasteiger partial charge in [-0.05, 0) is 12.5 Å². The van der Waals surface area contributed by atoms with Crippen molar-refractivity contribution < 1.29 is 0 Å². The molecule has 2 aromatic rings. The number of nitrogens with zero attached hydrogens (tertiary/aromatic N) is 3. The molecule has 4 nitrogen and oxygen atoms in total. The van der Waals surface area contributed by atoms with Gasteiger partial charge in [-0.2, -0.15) is 5.26 Å². The first-order valence-corrected chi connectivity index (χ1v) is 6.22. The molecule has 96 valence electrons.